The minimum atomic E-state index is 0.123. The van der Waals surface area contributed by atoms with Crippen molar-refractivity contribution in [3.63, 3.8) is 0 Å². The first-order valence-electron chi connectivity index (χ1n) is 8.16. The molecule has 1 aliphatic heterocycles. The number of pyridine rings is 1. The molecule has 1 aliphatic rings. The molecule has 124 valence electrons. The van der Waals surface area contributed by atoms with Crippen molar-refractivity contribution in [3.05, 3.63) is 34.1 Å². The molecular weight excluding hydrogens is 320 g/mol. The van der Waals surface area contributed by atoms with Crippen LogP contribution in [0, 0.1) is 20.8 Å². The van der Waals surface area contributed by atoms with Crippen LogP contribution in [0.5, 0.6) is 0 Å². The van der Waals surface area contributed by atoms with Gasteiger partial charge in [0.15, 0.2) is 0 Å². The second-order valence-electron chi connectivity index (χ2n) is 6.48. The fourth-order valence-electron chi connectivity index (χ4n) is 3.18. The Kier molecular flexibility index (Phi) is 3.46. The summed E-state index contributed by atoms with van der Waals surface area (Å²) in [6, 6.07) is 0. The number of rotatable bonds is 2. The van der Waals surface area contributed by atoms with Crippen molar-refractivity contribution in [2.24, 2.45) is 7.05 Å². The van der Waals surface area contributed by atoms with E-state index < -0.39 is 0 Å². The van der Waals surface area contributed by atoms with Crippen LogP contribution in [-0.2, 0) is 7.05 Å². The predicted octanol–water partition coefficient (Wildman–Crippen LogP) is 3.47. The number of hydrogen-bond donors (Lipinski definition) is 0. The highest BCUT2D eigenvalue weighted by Crippen LogP contribution is 2.41. The van der Waals surface area contributed by atoms with Crippen LogP contribution in [0.2, 0.25) is 0 Å². The Hall–Kier alpha value is -2.21. The SMILES string of the molecule is Cc1nc2sc(C(=O)N3CCC3)c(-c3cnn(C)c3)c2c(C)c1C. The molecule has 3 aromatic heterocycles. The maximum Gasteiger partial charge on any atom is 0.264 e. The standard InChI is InChI=1S/C18H20N4OS/c1-10-11(2)14-15(13-8-19-21(4)9-13)16(18(23)22-6-5-7-22)24-17(14)20-12(10)3/h8-9H,5-7H2,1-4H3. The fraction of sp³-hybridized carbons (Fsp3) is 0.389. The Bertz CT molecular complexity index is 965. The molecule has 4 rings (SSSR count). The number of thiophene rings is 1. The maximum atomic E-state index is 13.0. The number of carbonyl (C=O) groups excluding carboxylic acids is 1. The van der Waals surface area contributed by atoms with Crippen LogP contribution in [-0.4, -0.2) is 38.7 Å². The third-order valence-electron chi connectivity index (χ3n) is 4.97. The van der Waals surface area contributed by atoms with E-state index in [1.165, 1.54) is 22.5 Å². The van der Waals surface area contributed by atoms with E-state index in [1.54, 1.807) is 4.68 Å². The van der Waals surface area contributed by atoms with Gasteiger partial charge in [0.2, 0.25) is 0 Å². The summed E-state index contributed by atoms with van der Waals surface area (Å²) in [5.74, 6) is 0.123. The predicted molar refractivity (Wildman–Crippen MR) is 96.6 cm³/mol. The van der Waals surface area contributed by atoms with Crippen LogP contribution in [0.15, 0.2) is 12.4 Å². The summed E-state index contributed by atoms with van der Waals surface area (Å²) in [6.07, 6.45) is 4.90. The van der Waals surface area contributed by atoms with Gasteiger partial charge in [-0.3, -0.25) is 9.48 Å². The van der Waals surface area contributed by atoms with Crippen molar-refractivity contribution >= 4 is 27.5 Å². The maximum absolute atomic E-state index is 13.0. The van der Waals surface area contributed by atoms with Crippen LogP contribution in [0.1, 0.15) is 32.9 Å². The van der Waals surface area contributed by atoms with Gasteiger partial charge in [-0.05, 0) is 38.3 Å². The Morgan fingerprint density at radius 3 is 2.54 bits per heavy atom. The highest BCUT2D eigenvalue weighted by molar-refractivity contribution is 7.21. The van der Waals surface area contributed by atoms with Crippen molar-refractivity contribution in [3.8, 4) is 11.1 Å². The molecule has 0 unspecified atom stereocenters. The van der Waals surface area contributed by atoms with Gasteiger partial charge in [-0.1, -0.05) is 0 Å². The summed E-state index contributed by atoms with van der Waals surface area (Å²) in [4.78, 5) is 21.4. The van der Waals surface area contributed by atoms with Crippen LogP contribution in [0.3, 0.4) is 0 Å². The van der Waals surface area contributed by atoms with Crippen molar-refractivity contribution in [2.75, 3.05) is 13.1 Å². The molecule has 0 aromatic carbocycles. The van der Waals surface area contributed by atoms with Gasteiger partial charge >= 0.3 is 0 Å². The number of fused-ring (bicyclic) bond motifs is 1. The highest BCUT2D eigenvalue weighted by atomic mass is 32.1. The molecular formula is C18H20N4OS. The first-order chi connectivity index (χ1) is 11.5. The number of likely N-dealkylation sites (tertiary alicyclic amines) is 1. The molecule has 4 heterocycles. The first kappa shape index (κ1) is 15.3. The number of amides is 1. The van der Waals surface area contributed by atoms with Gasteiger partial charge in [-0.2, -0.15) is 5.10 Å². The lowest BCUT2D eigenvalue weighted by atomic mass is 9.98. The van der Waals surface area contributed by atoms with Gasteiger partial charge in [0, 0.05) is 48.5 Å². The summed E-state index contributed by atoms with van der Waals surface area (Å²) in [5.41, 5.74) is 5.40. The molecule has 0 radical (unpaired) electrons. The summed E-state index contributed by atoms with van der Waals surface area (Å²) in [5, 5.41) is 5.40. The van der Waals surface area contributed by atoms with E-state index in [0.717, 1.165) is 51.4 Å². The topological polar surface area (TPSA) is 51.0 Å². The third-order valence-corrected chi connectivity index (χ3v) is 6.04. The zero-order valence-corrected chi connectivity index (χ0v) is 15.2. The second-order valence-corrected chi connectivity index (χ2v) is 7.48. The quantitative estimate of drug-likeness (QED) is 0.718. The van der Waals surface area contributed by atoms with Gasteiger partial charge in [0.25, 0.3) is 5.91 Å². The lowest BCUT2D eigenvalue weighted by molar-refractivity contribution is 0.0657. The Balaban J connectivity index is 2.03. The molecule has 0 saturated carbocycles. The average Bonchev–Trinajstić information content (AvgIpc) is 3.06. The fourth-order valence-corrected chi connectivity index (χ4v) is 4.45. The number of aromatic nitrogens is 3. The molecule has 1 saturated heterocycles. The van der Waals surface area contributed by atoms with E-state index in [-0.39, 0.29) is 5.91 Å². The van der Waals surface area contributed by atoms with E-state index in [0.29, 0.717) is 0 Å². The van der Waals surface area contributed by atoms with Crippen molar-refractivity contribution < 1.29 is 4.79 Å². The number of aryl methyl sites for hydroxylation is 3. The Labute approximate surface area is 144 Å². The molecule has 3 aromatic rings. The molecule has 1 fully saturated rings. The minimum Gasteiger partial charge on any atom is -0.338 e. The number of carbonyl (C=O) groups is 1. The van der Waals surface area contributed by atoms with Crippen LogP contribution in [0.4, 0.5) is 0 Å². The summed E-state index contributed by atoms with van der Waals surface area (Å²) in [7, 11) is 1.90. The normalized spacial score (nSPS) is 14.2. The van der Waals surface area contributed by atoms with Gasteiger partial charge in [-0.15, -0.1) is 11.3 Å². The first-order valence-corrected chi connectivity index (χ1v) is 8.97. The molecule has 0 spiro atoms. The molecule has 6 heteroatoms. The molecule has 5 nitrogen and oxygen atoms in total. The van der Waals surface area contributed by atoms with E-state index in [9.17, 15) is 4.79 Å². The largest absolute Gasteiger partial charge is 0.338 e. The van der Waals surface area contributed by atoms with Gasteiger partial charge in [-0.25, -0.2) is 4.98 Å². The smallest absolute Gasteiger partial charge is 0.264 e. The lowest BCUT2D eigenvalue weighted by Crippen LogP contribution is -2.41. The molecule has 0 atom stereocenters. The Morgan fingerprint density at radius 2 is 1.96 bits per heavy atom. The van der Waals surface area contributed by atoms with Crippen LogP contribution >= 0.6 is 11.3 Å². The minimum absolute atomic E-state index is 0.123. The molecule has 0 aliphatic carbocycles. The molecule has 0 bridgehead atoms. The van der Waals surface area contributed by atoms with Gasteiger partial charge in [0.05, 0.1) is 6.20 Å². The number of nitrogens with zero attached hydrogens (tertiary/aromatic N) is 4. The zero-order chi connectivity index (χ0) is 17.0. The number of hydrogen-bond acceptors (Lipinski definition) is 4. The average molecular weight is 340 g/mol. The van der Waals surface area contributed by atoms with E-state index in [2.05, 4.69) is 18.9 Å². The highest BCUT2D eigenvalue weighted by Gasteiger charge is 2.29. The van der Waals surface area contributed by atoms with Crippen molar-refractivity contribution in [1.82, 2.24) is 19.7 Å². The van der Waals surface area contributed by atoms with Crippen molar-refractivity contribution in [1.29, 1.82) is 0 Å². The molecule has 1 amide bonds. The van der Waals surface area contributed by atoms with E-state index in [4.69, 9.17) is 4.98 Å². The monoisotopic (exact) mass is 340 g/mol. The summed E-state index contributed by atoms with van der Waals surface area (Å²) in [6.45, 7) is 7.95. The van der Waals surface area contributed by atoms with Crippen molar-refractivity contribution in [2.45, 2.75) is 27.2 Å². The Morgan fingerprint density at radius 1 is 1.21 bits per heavy atom. The van der Waals surface area contributed by atoms with Gasteiger partial charge < -0.3 is 4.90 Å². The van der Waals surface area contributed by atoms with Gasteiger partial charge in [0.1, 0.15) is 9.71 Å². The van der Waals surface area contributed by atoms with Crippen LogP contribution < -0.4 is 0 Å². The van der Waals surface area contributed by atoms with Crippen LogP contribution in [0.25, 0.3) is 21.3 Å². The second kappa shape index (κ2) is 5.41. The summed E-state index contributed by atoms with van der Waals surface area (Å²) < 4.78 is 1.78. The lowest BCUT2D eigenvalue weighted by Gasteiger charge is -2.30. The zero-order valence-electron chi connectivity index (χ0n) is 14.4. The molecule has 24 heavy (non-hydrogen) atoms. The third kappa shape index (κ3) is 2.17. The summed E-state index contributed by atoms with van der Waals surface area (Å²) >= 11 is 1.51. The molecule has 0 N–H and O–H groups in total. The van der Waals surface area contributed by atoms with E-state index in [1.807, 2.05) is 31.3 Å². The van der Waals surface area contributed by atoms with E-state index >= 15 is 0 Å².